The van der Waals surface area contributed by atoms with Crippen LogP contribution >= 0.6 is 0 Å². The van der Waals surface area contributed by atoms with Crippen LogP contribution in [0.3, 0.4) is 0 Å². The molecule has 8 heteroatoms. The summed E-state index contributed by atoms with van der Waals surface area (Å²) in [5.41, 5.74) is 0. The number of esters is 3. The van der Waals surface area contributed by atoms with Crippen LogP contribution in [-0.2, 0) is 38.1 Å². The summed E-state index contributed by atoms with van der Waals surface area (Å²) in [7, 11) is 3.53. The van der Waals surface area contributed by atoms with Crippen molar-refractivity contribution < 1.29 is 38.1 Å². The summed E-state index contributed by atoms with van der Waals surface area (Å²) in [6.07, 6.45) is 19.2. The molecule has 2 aliphatic carbocycles. The van der Waals surface area contributed by atoms with Crippen LogP contribution in [0.5, 0.6) is 0 Å². The second kappa shape index (κ2) is 22.6. The van der Waals surface area contributed by atoms with Crippen molar-refractivity contribution in [3.8, 4) is 0 Å². The first-order valence-electron chi connectivity index (χ1n) is 14.7. The molecule has 0 bridgehead atoms. The number of hydrogen-bond acceptors (Lipinski definition) is 8. The normalized spacial score (nSPS) is 22.5. The third kappa shape index (κ3) is 17.2. The lowest BCUT2D eigenvalue weighted by atomic mass is 9.84. The molecule has 8 nitrogen and oxygen atoms in total. The molecule has 2 aliphatic rings. The van der Waals surface area contributed by atoms with Gasteiger partial charge in [-0.15, -0.1) is 0 Å². The van der Waals surface area contributed by atoms with Crippen molar-refractivity contribution in [2.75, 3.05) is 34.0 Å². The lowest BCUT2D eigenvalue weighted by molar-refractivity contribution is -0.151. The van der Waals surface area contributed by atoms with E-state index in [1.54, 1.807) is 7.11 Å². The summed E-state index contributed by atoms with van der Waals surface area (Å²) >= 11 is 0. The predicted molar refractivity (Wildman–Crippen MR) is 151 cm³/mol. The van der Waals surface area contributed by atoms with Crippen LogP contribution in [-0.4, -0.2) is 64.2 Å². The number of carbonyl (C=O) groups excluding carboxylic acids is 3. The molecule has 0 aromatic rings. The zero-order valence-corrected chi connectivity index (χ0v) is 24.4. The maximum absolute atomic E-state index is 11.8. The molecule has 224 valence electrons. The van der Waals surface area contributed by atoms with Crippen LogP contribution in [0.1, 0.15) is 96.3 Å². The fraction of sp³-hybridized carbons (Fsp3) is 0.774. The molecule has 0 aromatic heterocycles. The Morgan fingerprint density at radius 2 is 1.05 bits per heavy atom. The van der Waals surface area contributed by atoms with E-state index >= 15 is 0 Å². The van der Waals surface area contributed by atoms with Crippen LogP contribution in [0.4, 0.5) is 0 Å². The number of unbranched alkanes of at least 4 members (excludes halogenated alkanes) is 4. The Morgan fingerprint density at radius 1 is 0.615 bits per heavy atom. The Hall–Kier alpha value is -2.19. The molecule has 0 radical (unpaired) electrons. The quantitative estimate of drug-likeness (QED) is 0.0922. The van der Waals surface area contributed by atoms with E-state index in [1.807, 2.05) is 7.11 Å². The Balaban J connectivity index is 0.000000391. The smallest absolute Gasteiger partial charge is 0.330 e. The van der Waals surface area contributed by atoms with Gasteiger partial charge in [-0.3, -0.25) is 4.79 Å². The van der Waals surface area contributed by atoms with E-state index in [-0.39, 0.29) is 17.9 Å². The number of carbonyl (C=O) groups is 3. The van der Waals surface area contributed by atoms with Gasteiger partial charge in [0.05, 0.1) is 37.9 Å². The standard InChI is InChI=1S/C16H28O3.C15H24O5/c1-3-16(17)19-13-7-5-4-6-8-14-9-11-15(18-2)12-10-14;1-3-14(16)19-10-4-5-11-20-15(17)12-6-8-13(18-2)9-7-12/h3,14-15H,1,4-13H2,2H3;3,12-13H,1,4-11H2,2H3. The minimum Gasteiger partial charge on any atom is -0.465 e. The predicted octanol–water partition coefficient (Wildman–Crippen LogP) is 6.12. The van der Waals surface area contributed by atoms with Gasteiger partial charge in [0.25, 0.3) is 0 Å². The van der Waals surface area contributed by atoms with Gasteiger partial charge >= 0.3 is 17.9 Å². The first-order chi connectivity index (χ1) is 18.9. The minimum atomic E-state index is -0.420. The average molecular weight is 553 g/mol. The third-order valence-corrected chi connectivity index (χ3v) is 7.58. The summed E-state index contributed by atoms with van der Waals surface area (Å²) < 4.78 is 25.7. The summed E-state index contributed by atoms with van der Waals surface area (Å²) in [5, 5.41) is 0. The minimum absolute atomic E-state index is 0.0139. The van der Waals surface area contributed by atoms with Crippen LogP contribution in [0.15, 0.2) is 25.3 Å². The van der Waals surface area contributed by atoms with Gasteiger partial charge < -0.3 is 23.7 Å². The zero-order chi connectivity index (χ0) is 28.7. The van der Waals surface area contributed by atoms with Crippen molar-refractivity contribution in [2.24, 2.45) is 11.8 Å². The third-order valence-electron chi connectivity index (χ3n) is 7.58. The molecular formula is C31H52O8. The van der Waals surface area contributed by atoms with Crippen molar-refractivity contribution in [3.05, 3.63) is 25.3 Å². The second-order valence-electron chi connectivity index (χ2n) is 10.4. The van der Waals surface area contributed by atoms with Crippen molar-refractivity contribution in [3.63, 3.8) is 0 Å². The number of ether oxygens (including phenoxy) is 5. The van der Waals surface area contributed by atoms with Crippen LogP contribution in [0.2, 0.25) is 0 Å². The van der Waals surface area contributed by atoms with Crippen LogP contribution in [0.25, 0.3) is 0 Å². The highest BCUT2D eigenvalue weighted by Crippen LogP contribution is 2.30. The number of methoxy groups -OCH3 is 2. The van der Waals surface area contributed by atoms with E-state index in [1.165, 1.54) is 51.0 Å². The lowest BCUT2D eigenvalue weighted by Gasteiger charge is -2.27. The average Bonchev–Trinajstić information content (AvgIpc) is 2.98. The first kappa shape index (κ1) is 34.8. The molecule has 0 unspecified atom stereocenters. The maximum atomic E-state index is 11.8. The van der Waals surface area contributed by atoms with E-state index in [2.05, 4.69) is 13.2 Å². The monoisotopic (exact) mass is 552 g/mol. The second-order valence-corrected chi connectivity index (χ2v) is 10.4. The van der Waals surface area contributed by atoms with E-state index in [0.29, 0.717) is 44.9 Å². The molecule has 0 aromatic carbocycles. The first-order valence-corrected chi connectivity index (χ1v) is 14.7. The van der Waals surface area contributed by atoms with E-state index < -0.39 is 5.97 Å². The molecule has 0 aliphatic heterocycles. The molecule has 2 fully saturated rings. The molecule has 0 N–H and O–H groups in total. The molecule has 2 saturated carbocycles. The maximum Gasteiger partial charge on any atom is 0.330 e. The van der Waals surface area contributed by atoms with Crippen molar-refractivity contribution in [1.82, 2.24) is 0 Å². The number of hydrogen-bond donors (Lipinski definition) is 0. The zero-order valence-electron chi connectivity index (χ0n) is 24.4. The van der Waals surface area contributed by atoms with Gasteiger partial charge in [0, 0.05) is 26.4 Å². The Morgan fingerprint density at radius 3 is 1.54 bits per heavy atom. The molecular weight excluding hydrogens is 500 g/mol. The molecule has 2 rings (SSSR count). The molecule has 39 heavy (non-hydrogen) atoms. The highest BCUT2D eigenvalue weighted by molar-refractivity contribution is 5.81. The van der Waals surface area contributed by atoms with Gasteiger partial charge in [-0.2, -0.15) is 0 Å². The SMILES string of the molecule is C=CC(=O)OCCCCCCC1CCC(OC)CC1.C=CC(=O)OCCCCOC(=O)C1CCC(OC)CC1. The fourth-order valence-corrected chi connectivity index (χ4v) is 5.04. The van der Waals surface area contributed by atoms with Crippen molar-refractivity contribution in [1.29, 1.82) is 0 Å². The summed E-state index contributed by atoms with van der Waals surface area (Å²) in [6, 6.07) is 0. The van der Waals surface area contributed by atoms with E-state index in [4.69, 9.17) is 23.7 Å². The highest BCUT2D eigenvalue weighted by atomic mass is 16.5. The number of rotatable bonds is 17. The van der Waals surface area contributed by atoms with E-state index in [9.17, 15) is 14.4 Å². The largest absolute Gasteiger partial charge is 0.465 e. The van der Waals surface area contributed by atoms with Crippen LogP contribution in [0, 0.1) is 11.8 Å². The van der Waals surface area contributed by atoms with Gasteiger partial charge in [-0.1, -0.05) is 38.8 Å². The Kier molecular flexibility index (Phi) is 20.2. The topological polar surface area (TPSA) is 97.4 Å². The Labute approximate surface area is 235 Å². The highest BCUT2D eigenvalue weighted by Gasteiger charge is 2.27. The van der Waals surface area contributed by atoms with Gasteiger partial charge in [0.15, 0.2) is 0 Å². The van der Waals surface area contributed by atoms with Gasteiger partial charge in [0.1, 0.15) is 0 Å². The molecule has 0 heterocycles. The summed E-state index contributed by atoms with van der Waals surface area (Å²) in [5.74, 6) is 0.0828. The van der Waals surface area contributed by atoms with Crippen LogP contribution < -0.4 is 0 Å². The molecule has 0 saturated heterocycles. The molecule has 0 spiro atoms. The van der Waals surface area contributed by atoms with E-state index in [0.717, 1.165) is 50.5 Å². The van der Waals surface area contributed by atoms with Crippen molar-refractivity contribution in [2.45, 2.75) is 109 Å². The molecule has 0 amide bonds. The van der Waals surface area contributed by atoms with Gasteiger partial charge in [0.2, 0.25) is 0 Å². The lowest BCUT2D eigenvalue weighted by Crippen LogP contribution is -2.27. The van der Waals surface area contributed by atoms with Crippen molar-refractivity contribution >= 4 is 17.9 Å². The Bertz CT molecular complexity index is 691. The van der Waals surface area contributed by atoms with Gasteiger partial charge in [-0.25, -0.2) is 9.59 Å². The summed E-state index contributed by atoms with van der Waals surface area (Å²) in [6.45, 7) is 7.93. The molecule has 0 atom stereocenters. The fourth-order valence-electron chi connectivity index (χ4n) is 5.04. The summed E-state index contributed by atoms with van der Waals surface area (Å²) in [4.78, 5) is 33.4. The van der Waals surface area contributed by atoms with Gasteiger partial charge in [-0.05, 0) is 76.5 Å².